The summed E-state index contributed by atoms with van der Waals surface area (Å²) in [5.41, 5.74) is 1.58. The first-order valence-corrected chi connectivity index (χ1v) is 6.68. The van der Waals surface area contributed by atoms with Gasteiger partial charge in [-0.05, 0) is 37.1 Å². The van der Waals surface area contributed by atoms with Crippen LogP contribution in [0.5, 0.6) is 0 Å². The SMILES string of the molecule is Cc1ccc([N+](=O)[O-])c(N[C@@H]2C[C@H]2c2cccc(F)c2)n1. The minimum atomic E-state index is -0.450. The molecule has 1 saturated carbocycles. The van der Waals surface area contributed by atoms with Crippen molar-refractivity contribution in [1.82, 2.24) is 4.98 Å². The topological polar surface area (TPSA) is 68.1 Å². The monoisotopic (exact) mass is 287 g/mol. The van der Waals surface area contributed by atoms with Crippen LogP contribution in [0.3, 0.4) is 0 Å². The Morgan fingerprint density at radius 1 is 1.38 bits per heavy atom. The number of nitrogens with zero attached hydrogens (tertiary/aromatic N) is 2. The Kier molecular flexibility index (Phi) is 3.29. The molecule has 1 aliphatic carbocycles. The number of benzene rings is 1. The summed E-state index contributed by atoms with van der Waals surface area (Å²) in [6, 6.07) is 9.57. The highest BCUT2D eigenvalue weighted by Crippen LogP contribution is 2.43. The number of hydrogen-bond donors (Lipinski definition) is 1. The van der Waals surface area contributed by atoms with E-state index in [1.807, 2.05) is 6.07 Å². The molecule has 1 aromatic carbocycles. The molecular formula is C15H14FN3O2. The number of nitrogens with one attached hydrogen (secondary N) is 1. The lowest BCUT2D eigenvalue weighted by atomic mass is 10.1. The van der Waals surface area contributed by atoms with E-state index >= 15 is 0 Å². The Labute approximate surface area is 121 Å². The molecule has 5 nitrogen and oxygen atoms in total. The zero-order valence-electron chi connectivity index (χ0n) is 11.4. The molecule has 6 heteroatoms. The lowest BCUT2D eigenvalue weighted by molar-refractivity contribution is -0.384. The molecule has 1 aliphatic rings. The number of pyridine rings is 1. The van der Waals surface area contributed by atoms with Crippen molar-refractivity contribution in [2.75, 3.05) is 5.32 Å². The minimum Gasteiger partial charge on any atom is -0.361 e. The Hall–Kier alpha value is -2.50. The van der Waals surface area contributed by atoms with Gasteiger partial charge in [0.25, 0.3) is 0 Å². The van der Waals surface area contributed by atoms with Crippen molar-refractivity contribution in [1.29, 1.82) is 0 Å². The third kappa shape index (κ3) is 2.84. The van der Waals surface area contributed by atoms with Gasteiger partial charge in [-0.15, -0.1) is 0 Å². The van der Waals surface area contributed by atoms with Crippen molar-refractivity contribution in [3.05, 3.63) is 63.6 Å². The summed E-state index contributed by atoms with van der Waals surface area (Å²) in [4.78, 5) is 14.8. The summed E-state index contributed by atoms with van der Waals surface area (Å²) in [5.74, 6) is 0.185. The summed E-state index contributed by atoms with van der Waals surface area (Å²) in [5, 5.41) is 14.1. The molecule has 0 spiro atoms. The van der Waals surface area contributed by atoms with Gasteiger partial charge in [-0.25, -0.2) is 9.37 Å². The average Bonchev–Trinajstić information content (AvgIpc) is 3.17. The van der Waals surface area contributed by atoms with Crippen LogP contribution in [-0.2, 0) is 0 Å². The number of aryl methyl sites for hydroxylation is 1. The maximum absolute atomic E-state index is 13.2. The zero-order valence-corrected chi connectivity index (χ0v) is 11.4. The highest BCUT2D eigenvalue weighted by Gasteiger charge is 2.39. The van der Waals surface area contributed by atoms with Gasteiger partial charge < -0.3 is 5.32 Å². The molecule has 1 N–H and O–H groups in total. The first-order valence-electron chi connectivity index (χ1n) is 6.68. The number of hydrogen-bond acceptors (Lipinski definition) is 4. The van der Waals surface area contributed by atoms with Crippen molar-refractivity contribution < 1.29 is 9.31 Å². The van der Waals surface area contributed by atoms with Crippen molar-refractivity contribution >= 4 is 11.5 Å². The van der Waals surface area contributed by atoms with E-state index < -0.39 is 4.92 Å². The van der Waals surface area contributed by atoms with Crippen LogP contribution in [0.25, 0.3) is 0 Å². The second-order valence-electron chi connectivity index (χ2n) is 5.23. The molecule has 3 rings (SSSR count). The summed E-state index contributed by atoms with van der Waals surface area (Å²) in [7, 11) is 0. The van der Waals surface area contributed by atoms with Crippen LogP contribution < -0.4 is 5.32 Å². The van der Waals surface area contributed by atoms with E-state index in [9.17, 15) is 14.5 Å². The van der Waals surface area contributed by atoms with Crippen molar-refractivity contribution in [2.24, 2.45) is 0 Å². The molecule has 2 atom stereocenters. The summed E-state index contributed by atoms with van der Waals surface area (Å²) < 4.78 is 13.2. The van der Waals surface area contributed by atoms with Crippen LogP contribution in [0.15, 0.2) is 36.4 Å². The fraction of sp³-hybridized carbons (Fsp3) is 0.267. The van der Waals surface area contributed by atoms with Gasteiger partial charge in [-0.2, -0.15) is 0 Å². The van der Waals surface area contributed by atoms with Gasteiger partial charge in [0.1, 0.15) is 5.82 Å². The molecule has 1 aromatic heterocycles. The maximum atomic E-state index is 13.2. The molecule has 0 bridgehead atoms. The van der Waals surface area contributed by atoms with Crippen molar-refractivity contribution in [3.8, 4) is 0 Å². The van der Waals surface area contributed by atoms with Crippen molar-refractivity contribution in [2.45, 2.75) is 25.3 Å². The predicted octanol–water partition coefficient (Wildman–Crippen LogP) is 3.41. The van der Waals surface area contributed by atoms with Gasteiger partial charge in [0, 0.05) is 23.7 Å². The standard InChI is InChI=1S/C15H14FN3O2/c1-9-5-6-14(19(20)21)15(17-9)18-13-8-12(13)10-3-2-4-11(16)7-10/h2-7,12-13H,8H2,1H3,(H,17,18)/t12-,13+/m0/s1. The molecule has 0 amide bonds. The van der Waals surface area contributed by atoms with Crippen LogP contribution in [0, 0.1) is 22.9 Å². The lowest BCUT2D eigenvalue weighted by Gasteiger charge is -2.07. The largest absolute Gasteiger partial charge is 0.361 e. The number of anilines is 1. The Bertz CT molecular complexity index is 705. The second kappa shape index (κ2) is 5.12. The van der Waals surface area contributed by atoms with E-state index in [0.717, 1.165) is 12.0 Å². The molecular weight excluding hydrogens is 273 g/mol. The zero-order chi connectivity index (χ0) is 15.0. The molecule has 21 heavy (non-hydrogen) atoms. The predicted molar refractivity (Wildman–Crippen MR) is 76.8 cm³/mol. The number of halogens is 1. The molecule has 2 aromatic rings. The molecule has 108 valence electrons. The third-order valence-electron chi connectivity index (χ3n) is 3.60. The molecule has 0 aliphatic heterocycles. The van der Waals surface area contributed by atoms with Gasteiger partial charge in [0.05, 0.1) is 4.92 Å². The van der Waals surface area contributed by atoms with Crippen molar-refractivity contribution in [3.63, 3.8) is 0 Å². The molecule has 0 unspecified atom stereocenters. The quantitative estimate of drug-likeness (QED) is 0.691. The van der Waals surface area contributed by atoms with Gasteiger partial charge in [0.15, 0.2) is 0 Å². The smallest absolute Gasteiger partial charge is 0.311 e. The number of rotatable bonds is 4. The molecule has 1 heterocycles. The fourth-order valence-electron chi connectivity index (χ4n) is 2.44. The number of nitro groups is 1. The second-order valence-corrected chi connectivity index (χ2v) is 5.23. The van der Waals surface area contributed by atoms with Gasteiger partial charge in [-0.3, -0.25) is 10.1 Å². The van der Waals surface area contributed by atoms with Crippen LogP contribution in [0.4, 0.5) is 15.9 Å². The highest BCUT2D eigenvalue weighted by atomic mass is 19.1. The minimum absolute atomic E-state index is 0.0366. The van der Waals surface area contributed by atoms with Crippen LogP contribution >= 0.6 is 0 Å². The highest BCUT2D eigenvalue weighted by molar-refractivity contribution is 5.58. The Morgan fingerprint density at radius 3 is 2.90 bits per heavy atom. The van der Waals surface area contributed by atoms with E-state index in [-0.39, 0.29) is 29.3 Å². The summed E-state index contributed by atoms with van der Waals surface area (Å²) in [6.45, 7) is 1.78. The first-order chi connectivity index (χ1) is 10.0. The van der Waals surface area contributed by atoms with Crippen LogP contribution in [0.1, 0.15) is 23.6 Å². The van der Waals surface area contributed by atoms with Gasteiger partial charge in [-0.1, -0.05) is 12.1 Å². The van der Waals surface area contributed by atoms with Crippen LogP contribution in [0.2, 0.25) is 0 Å². The average molecular weight is 287 g/mol. The Morgan fingerprint density at radius 2 is 2.19 bits per heavy atom. The first kappa shape index (κ1) is 13.5. The number of aromatic nitrogens is 1. The molecule has 0 radical (unpaired) electrons. The normalized spacial score (nSPS) is 20.1. The maximum Gasteiger partial charge on any atom is 0.311 e. The van der Waals surface area contributed by atoms with E-state index in [0.29, 0.717) is 5.69 Å². The van der Waals surface area contributed by atoms with E-state index in [2.05, 4.69) is 10.3 Å². The summed E-state index contributed by atoms with van der Waals surface area (Å²) >= 11 is 0. The van der Waals surface area contributed by atoms with E-state index in [1.165, 1.54) is 18.2 Å². The Balaban J connectivity index is 1.77. The summed E-state index contributed by atoms with van der Waals surface area (Å²) in [6.07, 6.45) is 0.816. The van der Waals surface area contributed by atoms with Gasteiger partial charge >= 0.3 is 5.69 Å². The van der Waals surface area contributed by atoms with E-state index in [1.54, 1.807) is 19.1 Å². The van der Waals surface area contributed by atoms with Crippen LogP contribution in [-0.4, -0.2) is 15.9 Å². The molecule has 1 fully saturated rings. The third-order valence-corrected chi connectivity index (χ3v) is 3.60. The fourth-order valence-corrected chi connectivity index (χ4v) is 2.44. The van der Waals surface area contributed by atoms with E-state index in [4.69, 9.17) is 0 Å². The lowest BCUT2D eigenvalue weighted by Crippen LogP contribution is -2.09. The van der Waals surface area contributed by atoms with Gasteiger partial charge in [0.2, 0.25) is 5.82 Å². The molecule has 0 saturated heterocycles.